The molecular formula is C15H14BrN5O3. The molecule has 2 heterocycles. The van der Waals surface area contributed by atoms with E-state index in [-0.39, 0.29) is 18.5 Å². The molecule has 1 aromatic heterocycles. The van der Waals surface area contributed by atoms with E-state index in [1.54, 1.807) is 6.92 Å². The molecule has 0 radical (unpaired) electrons. The fourth-order valence-electron chi connectivity index (χ4n) is 2.17. The molecule has 24 heavy (non-hydrogen) atoms. The van der Waals surface area contributed by atoms with Gasteiger partial charge >= 0.3 is 5.97 Å². The van der Waals surface area contributed by atoms with Crippen molar-refractivity contribution in [1.29, 1.82) is 0 Å². The van der Waals surface area contributed by atoms with Gasteiger partial charge in [-0.25, -0.2) is 4.99 Å². The predicted molar refractivity (Wildman–Crippen MR) is 90.4 cm³/mol. The van der Waals surface area contributed by atoms with Crippen LogP contribution in [0.1, 0.15) is 17.3 Å². The number of aliphatic imine (C=N–C) groups is 1. The highest BCUT2D eigenvalue weighted by Gasteiger charge is 2.33. The topological polar surface area (TPSA) is 98.5 Å². The van der Waals surface area contributed by atoms with Crippen molar-refractivity contribution in [1.82, 2.24) is 14.8 Å². The van der Waals surface area contributed by atoms with Gasteiger partial charge in [-0.15, -0.1) is 5.10 Å². The molecule has 3 rings (SSSR count). The molecule has 1 aliphatic rings. The molecule has 0 saturated heterocycles. The molecule has 0 fully saturated rings. The summed E-state index contributed by atoms with van der Waals surface area (Å²) in [5.74, 6) is -1.85. The van der Waals surface area contributed by atoms with Gasteiger partial charge in [0, 0.05) is 17.2 Å². The van der Waals surface area contributed by atoms with Gasteiger partial charge in [-0.05, 0) is 24.6 Å². The van der Waals surface area contributed by atoms with Crippen LogP contribution in [0.5, 0.6) is 0 Å². The molecule has 1 unspecified atom stereocenters. The fourth-order valence-corrected chi connectivity index (χ4v) is 2.62. The molecule has 0 amide bonds. The molecule has 0 spiro atoms. The Bertz CT molecular complexity index is 817. The van der Waals surface area contributed by atoms with Gasteiger partial charge in [0.1, 0.15) is 0 Å². The van der Waals surface area contributed by atoms with Gasteiger partial charge < -0.3 is 10.1 Å². The summed E-state index contributed by atoms with van der Waals surface area (Å²) in [5, 5.41) is 7.10. The van der Waals surface area contributed by atoms with E-state index in [0.29, 0.717) is 6.54 Å². The largest absolute Gasteiger partial charge is 0.465 e. The number of carbonyl (C=O) groups excluding carboxylic acids is 2. The van der Waals surface area contributed by atoms with E-state index in [1.807, 2.05) is 24.3 Å². The smallest absolute Gasteiger partial charge is 0.324 e. The third kappa shape index (κ3) is 3.35. The molecule has 1 aliphatic heterocycles. The number of hydrogen-bond donors (Lipinski definition) is 1. The van der Waals surface area contributed by atoms with E-state index in [9.17, 15) is 9.59 Å². The van der Waals surface area contributed by atoms with Gasteiger partial charge in [0.25, 0.3) is 11.9 Å². The summed E-state index contributed by atoms with van der Waals surface area (Å²) in [4.78, 5) is 32.2. The zero-order chi connectivity index (χ0) is 17.1. The summed E-state index contributed by atoms with van der Waals surface area (Å²) in [6.45, 7) is 2.36. The number of halogens is 1. The lowest BCUT2D eigenvalue weighted by Gasteiger charge is -2.13. The maximum absolute atomic E-state index is 12.3. The molecule has 9 heteroatoms. The van der Waals surface area contributed by atoms with Crippen LogP contribution in [0, 0.1) is 5.92 Å². The highest BCUT2D eigenvalue weighted by atomic mass is 79.9. The van der Waals surface area contributed by atoms with Crippen LogP contribution in [0.25, 0.3) is 0 Å². The standard InChI is InChI=1S/C15H14BrN5O3/c1-2-24-13(23)11-8-18-15-19-14(20-21(15)12(11)22)17-7-9-4-3-5-10(16)6-9/h3-6,8,11H,2,7H2,1H3,(H,17,20). The summed E-state index contributed by atoms with van der Waals surface area (Å²) >= 11 is 3.40. The Morgan fingerprint density at radius 1 is 1.46 bits per heavy atom. The molecule has 8 nitrogen and oxygen atoms in total. The molecule has 1 atom stereocenters. The number of hydrogen-bond acceptors (Lipinski definition) is 7. The summed E-state index contributed by atoms with van der Waals surface area (Å²) in [5.41, 5.74) is 1.02. The van der Waals surface area contributed by atoms with E-state index < -0.39 is 17.8 Å². The van der Waals surface area contributed by atoms with Crippen LogP contribution >= 0.6 is 15.9 Å². The number of aromatic nitrogens is 3. The van der Waals surface area contributed by atoms with Gasteiger partial charge in [-0.3, -0.25) is 9.59 Å². The number of ether oxygens (including phenoxy) is 1. The lowest BCUT2D eigenvalue weighted by molar-refractivity contribution is -0.144. The van der Waals surface area contributed by atoms with E-state index in [4.69, 9.17) is 4.74 Å². The van der Waals surface area contributed by atoms with Gasteiger partial charge in [0.2, 0.25) is 5.95 Å². The molecule has 0 saturated carbocycles. The number of benzene rings is 1. The van der Waals surface area contributed by atoms with Gasteiger partial charge in [0.05, 0.1) is 6.61 Å². The number of rotatable bonds is 5. The van der Waals surface area contributed by atoms with Crippen LogP contribution < -0.4 is 5.32 Å². The van der Waals surface area contributed by atoms with E-state index in [1.165, 1.54) is 6.21 Å². The average molecular weight is 392 g/mol. The second kappa shape index (κ2) is 6.91. The summed E-state index contributed by atoms with van der Waals surface area (Å²) in [6, 6.07) is 7.77. The van der Waals surface area contributed by atoms with Crippen molar-refractivity contribution in [2.24, 2.45) is 10.9 Å². The van der Waals surface area contributed by atoms with E-state index >= 15 is 0 Å². The quantitative estimate of drug-likeness (QED) is 0.619. The first kappa shape index (κ1) is 16.3. The highest BCUT2D eigenvalue weighted by Crippen LogP contribution is 2.20. The van der Waals surface area contributed by atoms with Crippen LogP contribution in [-0.4, -0.2) is 39.5 Å². The lowest BCUT2D eigenvalue weighted by Crippen LogP contribution is -2.34. The number of fused-ring (bicyclic) bond motifs is 1. The maximum Gasteiger partial charge on any atom is 0.324 e. The number of nitrogens with zero attached hydrogens (tertiary/aromatic N) is 4. The Morgan fingerprint density at radius 3 is 3.04 bits per heavy atom. The Morgan fingerprint density at radius 2 is 2.29 bits per heavy atom. The van der Waals surface area contributed by atoms with Crippen LogP contribution in [-0.2, 0) is 16.1 Å². The molecule has 2 aromatic rings. The summed E-state index contributed by atoms with van der Waals surface area (Å²) < 4.78 is 6.84. The SMILES string of the molecule is CCOC(=O)C1C=Nc2nc(NCc3cccc(Br)c3)nn2C1=O. The minimum absolute atomic E-state index is 0.136. The van der Waals surface area contributed by atoms with Gasteiger partial charge in [-0.1, -0.05) is 28.1 Å². The number of carbonyl (C=O) groups is 2. The van der Waals surface area contributed by atoms with Crippen molar-refractivity contribution >= 4 is 45.9 Å². The molecular weight excluding hydrogens is 378 g/mol. The number of esters is 1. The zero-order valence-corrected chi connectivity index (χ0v) is 14.4. The summed E-state index contributed by atoms with van der Waals surface area (Å²) in [6.07, 6.45) is 1.24. The van der Waals surface area contributed by atoms with Crippen molar-refractivity contribution < 1.29 is 14.3 Å². The first-order valence-corrected chi connectivity index (χ1v) is 8.08. The third-order valence-electron chi connectivity index (χ3n) is 3.28. The second-order valence-electron chi connectivity index (χ2n) is 4.98. The Balaban J connectivity index is 1.72. The van der Waals surface area contributed by atoms with Crippen molar-refractivity contribution in [2.45, 2.75) is 13.5 Å². The zero-order valence-electron chi connectivity index (χ0n) is 12.8. The Kier molecular flexibility index (Phi) is 4.70. The van der Waals surface area contributed by atoms with E-state index in [2.05, 4.69) is 36.3 Å². The summed E-state index contributed by atoms with van der Waals surface area (Å²) in [7, 11) is 0. The highest BCUT2D eigenvalue weighted by molar-refractivity contribution is 9.10. The second-order valence-corrected chi connectivity index (χ2v) is 5.89. The molecule has 1 aromatic carbocycles. The average Bonchev–Trinajstić information content (AvgIpc) is 2.98. The molecule has 124 valence electrons. The van der Waals surface area contributed by atoms with Crippen LogP contribution in [0.4, 0.5) is 11.9 Å². The van der Waals surface area contributed by atoms with Crippen molar-refractivity contribution in [3.05, 3.63) is 34.3 Å². The minimum Gasteiger partial charge on any atom is -0.465 e. The van der Waals surface area contributed by atoms with E-state index in [0.717, 1.165) is 14.7 Å². The van der Waals surface area contributed by atoms with Gasteiger partial charge in [0.15, 0.2) is 5.92 Å². The van der Waals surface area contributed by atoms with Crippen molar-refractivity contribution in [3.8, 4) is 0 Å². The first-order valence-electron chi connectivity index (χ1n) is 7.29. The monoisotopic (exact) mass is 391 g/mol. The minimum atomic E-state index is -1.09. The lowest BCUT2D eigenvalue weighted by atomic mass is 10.1. The molecule has 1 N–H and O–H groups in total. The van der Waals surface area contributed by atoms with Crippen LogP contribution in [0.2, 0.25) is 0 Å². The van der Waals surface area contributed by atoms with Crippen molar-refractivity contribution in [2.75, 3.05) is 11.9 Å². The Labute approximate surface area is 146 Å². The Hall–Kier alpha value is -2.55. The van der Waals surface area contributed by atoms with Crippen LogP contribution in [0.15, 0.2) is 33.7 Å². The normalized spacial score (nSPS) is 15.9. The van der Waals surface area contributed by atoms with Crippen LogP contribution in [0.3, 0.4) is 0 Å². The maximum atomic E-state index is 12.3. The third-order valence-corrected chi connectivity index (χ3v) is 3.78. The number of anilines is 1. The van der Waals surface area contributed by atoms with Crippen molar-refractivity contribution in [3.63, 3.8) is 0 Å². The fraction of sp³-hybridized carbons (Fsp3) is 0.267. The first-order chi connectivity index (χ1) is 11.6. The molecule has 0 bridgehead atoms. The predicted octanol–water partition coefficient (Wildman–Crippen LogP) is 2.19. The molecule has 0 aliphatic carbocycles. The van der Waals surface area contributed by atoms with Gasteiger partial charge in [-0.2, -0.15) is 9.67 Å². The number of nitrogens with one attached hydrogen (secondary N) is 1.